The van der Waals surface area contributed by atoms with Gasteiger partial charge >= 0.3 is 0 Å². The number of carbonyl (C=O) groups is 1. The molecule has 0 bridgehead atoms. The Morgan fingerprint density at radius 2 is 2.28 bits per heavy atom. The van der Waals surface area contributed by atoms with Crippen LogP contribution in [-0.4, -0.2) is 39.3 Å². The summed E-state index contributed by atoms with van der Waals surface area (Å²) in [4.78, 5) is 18.7. The lowest BCUT2D eigenvalue weighted by Gasteiger charge is -2.33. The van der Waals surface area contributed by atoms with Crippen molar-refractivity contribution in [3.63, 3.8) is 0 Å². The van der Waals surface area contributed by atoms with Crippen molar-refractivity contribution in [1.82, 2.24) is 20.3 Å². The van der Waals surface area contributed by atoms with E-state index in [0.717, 1.165) is 17.8 Å². The second-order valence-corrected chi connectivity index (χ2v) is 8.12. The maximum Gasteiger partial charge on any atom is 0.258 e. The first-order valence-corrected chi connectivity index (χ1v) is 10.3. The van der Waals surface area contributed by atoms with Gasteiger partial charge in [0, 0.05) is 25.1 Å². The van der Waals surface area contributed by atoms with Gasteiger partial charge in [-0.15, -0.1) is 10.2 Å². The second-order valence-electron chi connectivity index (χ2n) is 6.94. The summed E-state index contributed by atoms with van der Waals surface area (Å²) in [6.45, 7) is 4.89. The summed E-state index contributed by atoms with van der Waals surface area (Å²) in [5.74, 6) is 0.158. The van der Waals surface area contributed by atoms with Crippen LogP contribution in [-0.2, 0) is 11.2 Å². The molecule has 1 aliphatic rings. The highest BCUT2D eigenvalue weighted by Crippen LogP contribution is 2.29. The topological polar surface area (TPSA) is 97.0 Å². The third-order valence-corrected chi connectivity index (χ3v) is 5.62. The third-order valence-electron chi connectivity index (χ3n) is 4.87. The number of piperidine rings is 1. The van der Waals surface area contributed by atoms with E-state index in [9.17, 15) is 9.18 Å². The highest BCUT2D eigenvalue weighted by molar-refractivity contribution is 7.15. The van der Waals surface area contributed by atoms with E-state index in [2.05, 4.69) is 25.7 Å². The third kappa shape index (κ3) is 4.26. The van der Waals surface area contributed by atoms with E-state index in [-0.39, 0.29) is 17.6 Å². The lowest BCUT2D eigenvalue weighted by molar-refractivity contribution is -0.120. The van der Waals surface area contributed by atoms with Crippen LogP contribution in [0.3, 0.4) is 0 Å². The van der Waals surface area contributed by atoms with Crippen molar-refractivity contribution < 1.29 is 13.7 Å². The van der Waals surface area contributed by atoms with Crippen LogP contribution in [0.5, 0.6) is 0 Å². The molecule has 10 heteroatoms. The maximum absolute atomic E-state index is 14.8. The molecule has 1 N–H and O–H groups in total. The molecule has 0 radical (unpaired) electrons. The van der Waals surface area contributed by atoms with E-state index in [4.69, 9.17) is 4.52 Å². The predicted molar refractivity (Wildman–Crippen MR) is 107 cm³/mol. The molecule has 1 atom stereocenters. The van der Waals surface area contributed by atoms with E-state index in [1.165, 1.54) is 17.4 Å². The van der Waals surface area contributed by atoms with Crippen molar-refractivity contribution in [3.05, 3.63) is 34.8 Å². The summed E-state index contributed by atoms with van der Waals surface area (Å²) in [5, 5.41) is 15.8. The molecule has 1 fully saturated rings. The summed E-state index contributed by atoms with van der Waals surface area (Å²) in [6, 6.07) is 4.87. The van der Waals surface area contributed by atoms with Crippen LogP contribution in [0.2, 0.25) is 0 Å². The van der Waals surface area contributed by atoms with Gasteiger partial charge in [0.25, 0.3) is 5.89 Å². The van der Waals surface area contributed by atoms with E-state index in [1.807, 2.05) is 18.7 Å². The highest BCUT2D eigenvalue weighted by atomic mass is 32.1. The minimum Gasteiger partial charge on any atom is -0.368 e. The van der Waals surface area contributed by atoms with Gasteiger partial charge in [-0.05, 0) is 38.0 Å². The number of halogens is 1. The molecular formula is C19H21FN6O2S. The van der Waals surface area contributed by atoms with Gasteiger partial charge < -0.3 is 14.7 Å². The van der Waals surface area contributed by atoms with Gasteiger partial charge in [-0.2, -0.15) is 4.98 Å². The zero-order chi connectivity index (χ0) is 20.4. The Hall–Kier alpha value is -2.88. The van der Waals surface area contributed by atoms with Crippen molar-refractivity contribution in [2.24, 2.45) is 5.92 Å². The SMILES string of the molecule is CCc1noc(-c2ccc(N3CCCC(C(=O)Nc4nnc(C)s4)C3)c(F)c2)n1. The fraction of sp³-hybridized carbons (Fsp3) is 0.421. The van der Waals surface area contributed by atoms with Crippen LogP contribution < -0.4 is 10.2 Å². The molecule has 3 aromatic rings. The molecule has 3 heterocycles. The van der Waals surface area contributed by atoms with E-state index < -0.39 is 0 Å². The van der Waals surface area contributed by atoms with E-state index in [0.29, 0.717) is 47.6 Å². The number of hydrogen-bond acceptors (Lipinski definition) is 8. The molecule has 1 saturated heterocycles. The number of aromatic nitrogens is 4. The van der Waals surface area contributed by atoms with Gasteiger partial charge in [0.15, 0.2) is 5.82 Å². The number of nitrogens with one attached hydrogen (secondary N) is 1. The van der Waals surface area contributed by atoms with Crippen LogP contribution >= 0.6 is 11.3 Å². The Bertz CT molecular complexity index is 1020. The first kappa shape index (κ1) is 19.4. The minimum atomic E-state index is -0.375. The fourth-order valence-corrected chi connectivity index (χ4v) is 3.97. The summed E-state index contributed by atoms with van der Waals surface area (Å²) in [6.07, 6.45) is 2.21. The molecule has 1 aromatic carbocycles. The zero-order valence-corrected chi connectivity index (χ0v) is 17.0. The first-order chi connectivity index (χ1) is 14.0. The molecule has 0 spiro atoms. The van der Waals surface area contributed by atoms with E-state index in [1.54, 1.807) is 12.1 Å². The largest absolute Gasteiger partial charge is 0.368 e. The Balaban J connectivity index is 1.46. The minimum absolute atomic E-state index is 0.110. The summed E-state index contributed by atoms with van der Waals surface area (Å²) in [5.41, 5.74) is 1.00. The van der Waals surface area contributed by atoms with Crippen LogP contribution in [0.1, 0.15) is 30.6 Å². The van der Waals surface area contributed by atoms with Crippen molar-refractivity contribution in [2.75, 3.05) is 23.3 Å². The van der Waals surface area contributed by atoms with Crippen molar-refractivity contribution >= 4 is 28.1 Å². The van der Waals surface area contributed by atoms with Gasteiger partial charge in [-0.25, -0.2) is 4.39 Å². The molecule has 0 aliphatic carbocycles. The number of carbonyl (C=O) groups excluding carboxylic acids is 1. The molecule has 1 unspecified atom stereocenters. The fourth-order valence-electron chi connectivity index (χ4n) is 3.38. The lowest BCUT2D eigenvalue weighted by Crippen LogP contribution is -2.41. The average Bonchev–Trinajstić information content (AvgIpc) is 3.37. The molecule has 152 valence electrons. The average molecular weight is 416 g/mol. The van der Waals surface area contributed by atoms with Crippen molar-refractivity contribution in [2.45, 2.75) is 33.1 Å². The summed E-state index contributed by atoms with van der Waals surface area (Å²) in [7, 11) is 0. The second kappa shape index (κ2) is 8.24. The molecule has 8 nitrogen and oxygen atoms in total. The number of aryl methyl sites for hydroxylation is 2. The van der Waals surface area contributed by atoms with Gasteiger partial charge in [0.05, 0.1) is 11.6 Å². The zero-order valence-electron chi connectivity index (χ0n) is 16.2. The lowest BCUT2D eigenvalue weighted by atomic mass is 9.96. The molecule has 1 aliphatic heterocycles. The van der Waals surface area contributed by atoms with Crippen molar-refractivity contribution in [1.29, 1.82) is 0 Å². The quantitative estimate of drug-likeness (QED) is 0.680. The van der Waals surface area contributed by atoms with Crippen LogP contribution in [0.25, 0.3) is 11.5 Å². The number of benzene rings is 1. The highest BCUT2D eigenvalue weighted by Gasteiger charge is 2.28. The number of anilines is 2. The summed E-state index contributed by atoms with van der Waals surface area (Å²) < 4.78 is 20.0. The van der Waals surface area contributed by atoms with Crippen molar-refractivity contribution in [3.8, 4) is 11.5 Å². The summed E-state index contributed by atoms with van der Waals surface area (Å²) >= 11 is 1.33. The Morgan fingerprint density at radius 3 is 2.97 bits per heavy atom. The van der Waals surface area contributed by atoms with Gasteiger partial charge in [0.2, 0.25) is 11.0 Å². The van der Waals surface area contributed by atoms with Crippen LogP contribution in [0, 0.1) is 18.7 Å². The Morgan fingerprint density at radius 1 is 1.41 bits per heavy atom. The Labute approximate surface area is 171 Å². The number of amides is 1. The number of hydrogen-bond donors (Lipinski definition) is 1. The molecular weight excluding hydrogens is 395 g/mol. The van der Waals surface area contributed by atoms with Crippen LogP contribution in [0.4, 0.5) is 15.2 Å². The predicted octanol–water partition coefficient (Wildman–Crippen LogP) is 3.45. The number of rotatable bonds is 5. The maximum atomic E-state index is 14.8. The normalized spacial score (nSPS) is 16.8. The molecule has 29 heavy (non-hydrogen) atoms. The molecule has 2 aromatic heterocycles. The number of nitrogens with zero attached hydrogens (tertiary/aromatic N) is 5. The first-order valence-electron chi connectivity index (χ1n) is 9.52. The Kier molecular flexibility index (Phi) is 5.52. The standard InChI is InChI=1S/C19H21FN6O2S/c1-3-16-21-18(28-25-16)12-6-7-15(14(20)9-12)26-8-4-5-13(10-26)17(27)22-19-24-23-11(2)29-19/h6-7,9,13H,3-5,8,10H2,1-2H3,(H,22,24,27). The molecule has 4 rings (SSSR count). The smallest absolute Gasteiger partial charge is 0.258 e. The monoisotopic (exact) mass is 416 g/mol. The van der Waals surface area contributed by atoms with E-state index >= 15 is 0 Å². The van der Waals surface area contributed by atoms with Crippen LogP contribution in [0.15, 0.2) is 22.7 Å². The van der Waals surface area contributed by atoms with Gasteiger partial charge in [-0.1, -0.05) is 23.4 Å². The molecule has 0 saturated carbocycles. The van der Waals surface area contributed by atoms with Gasteiger partial charge in [-0.3, -0.25) is 4.79 Å². The molecule has 1 amide bonds. The van der Waals surface area contributed by atoms with Gasteiger partial charge in [0.1, 0.15) is 10.8 Å².